The first-order valence-corrected chi connectivity index (χ1v) is 9.21. The molecule has 1 heterocycles. The third-order valence-corrected chi connectivity index (χ3v) is 7.12. The standard InChI is InChI=1S/C17H25N3O2S/c18-9-14-2-1-3-19(14)15(21)10-20(23)16-5-12-4-13(6-16)8-17(22,7-12)11-16/h12-14,22-23H,1-8,10-11H2. The van der Waals surface area contributed by atoms with Gasteiger partial charge >= 0.3 is 0 Å². The average molecular weight is 335 g/mol. The van der Waals surface area contributed by atoms with E-state index < -0.39 is 5.60 Å². The molecule has 5 nitrogen and oxygen atoms in total. The third-order valence-electron chi connectivity index (χ3n) is 6.55. The Morgan fingerprint density at radius 1 is 1.35 bits per heavy atom. The fourth-order valence-electron chi connectivity index (χ4n) is 6.05. The predicted molar refractivity (Wildman–Crippen MR) is 88.4 cm³/mol. The maximum Gasteiger partial charge on any atom is 0.238 e. The van der Waals surface area contributed by atoms with Gasteiger partial charge in [0.1, 0.15) is 6.04 Å². The summed E-state index contributed by atoms with van der Waals surface area (Å²) in [6.45, 7) is 0.928. The van der Waals surface area contributed by atoms with Crippen molar-refractivity contribution >= 4 is 18.7 Å². The fourth-order valence-corrected chi connectivity index (χ4v) is 6.41. The van der Waals surface area contributed by atoms with E-state index in [-0.39, 0.29) is 24.0 Å². The highest BCUT2D eigenvalue weighted by Crippen LogP contribution is 2.59. The lowest BCUT2D eigenvalue weighted by atomic mass is 9.51. The van der Waals surface area contributed by atoms with E-state index in [0.717, 1.165) is 44.9 Å². The molecule has 3 unspecified atom stereocenters. The Labute approximate surface area is 143 Å². The summed E-state index contributed by atoms with van der Waals surface area (Å²) >= 11 is 4.69. The van der Waals surface area contributed by atoms with Crippen molar-refractivity contribution in [2.24, 2.45) is 11.8 Å². The van der Waals surface area contributed by atoms with Crippen molar-refractivity contribution in [1.82, 2.24) is 9.21 Å². The zero-order chi connectivity index (χ0) is 16.2. The van der Waals surface area contributed by atoms with Crippen LogP contribution in [0.4, 0.5) is 0 Å². The maximum absolute atomic E-state index is 12.6. The van der Waals surface area contributed by atoms with Crippen LogP contribution in [-0.4, -0.2) is 50.5 Å². The highest BCUT2D eigenvalue weighted by Gasteiger charge is 2.59. The molecule has 126 valence electrons. The van der Waals surface area contributed by atoms with Crippen LogP contribution < -0.4 is 0 Å². The van der Waals surface area contributed by atoms with Crippen LogP contribution in [0.3, 0.4) is 0 Å². The van der Waals surface area contributed by atoms with Crippen LogP contribution >= 0.6 is 12.8 Å². The van der Waals surface area contributed by atoms with Gasteiger partial charge < -0.3 is 10.0 Å². The summed E-state index contributed by atoms with van der Waals surface area (Å²) in [5, 5.41) is 20.0. The molecule has 5 fully saturated rings. The summed E-state index contributed by atoms with van der Waals surface area (Å²) in [7, 11) is 0. The maximum atomic E-state index is 12.6. The molecule has 3 atom stereocenters. The molecule has 1 amide bonds. The van der Waals surface area contributed by atoms with Gasteiger partial charge in [-0.05, 0) is 63.2 Å². The van der Waals surface area contributed by atoms with Crippen molar-refractivity contribution in [2.45, 2.75) is 68.5 Å². The summed E-state index contributed by atoms with van der Waals surface area (Å²) in [4.78, 5) is 14.3. The van der Waals surface area contributed by atoms with Gasteiger partial charge in [0.15, 0.2) is 0 Å². The molecular formula is C17H25N3O2S. The van der Waals surface area contributed by atoms with Gasteiger partial charge in [0.25, 0.3) is 0 Å². The molecule has 1 saturated heterocycles. The Hall–Kier alpha value is -0.770. The Morgan fingerprint density at radius 2 is 2.04 bits per heavy atom. The molecule has 0 aromatic carbocycles. The summed E-state index contributed by atoms with van der Waals surface area (Å²) in [5.74, 6) is 1.15. The van der Waals surface area contributed by atoms with Crippen molar-refractivity contribution in [1.29, 1.82) is 5.26 Å². The number of nitriles is 1. The lowest BCUT2D eigenvalue weighted by Gasteiger charge is -2.62. The zero-order valence-corrected chi connectivity index (χ0v) is 14.3. The van der Waals surface area contributed by atoms with Gasteiger partial charge in [0.05, 0.1) is 18.2 Å². The minimum Gasteiger partial charge on any atom is -0.390 e. The second kappa shape index (κ2) is 5.37. The highest BCUT2D eigenvalue weighted by atomic mass is 32.1. The van der Waals surface area contributed by atoms with E-state index in [0.29, 0.717) is 18.4 Å². The van der Waals surface area contributed by atoms with Crippen LogP contribution in [-0.2, 0) is 4.79 Å². The van der Waals surface area contributed by atoms with Gasteiger partial charge in [-0.1, -0.05) is 12.8 Å². The van der Waals surface area contributed by atoms with Crippen molar-refractivity contribution in [3.05, 3.63) is 0 Å². The fraction of sp³-hybridized carbons (Fsp3) is 0.882. The summed E-state index contributed by atoms with van der Waals surface area (Å²) in [6, 6.07) is 1.96. The Balaban J connectivity index is 1.48. The normalized spacial score (nSPS) is 44.8. The molecule has 23 heavy (non-hydrogen) atoms. The lowest BCUT2D eigenvalue weighted by molar-refractivity contribution is -0.162. The van der Waals surface area contributed by atoms with Crippen LogP contribution in [0.25, 0.3) is 0 Å². The molecule has 1 N–H and O–H groups in total. The number of aliphatic hydroxyl groups is 1. The first-order chi connectivity index (χ1) is 10.9. The number of carbonyl (C=O) groups excluding carboxylic acids is 1. The molecule has 0 radical (unpaired) electrons. The largest absolute Gasteiger partial charge is 0.390 e. The number of hydrogen-bond donors (Lipinski definition) is 2. The van der Waals surface area contributed by atoms with E-state index in [1.54, 1.807) is 4.90 Å². The smallest absolute Gasteiger partial charge is 0.238 e. The first kappa shape index (κ1) is 15.7. The highest BCUT2D eigenvalue weighted by molar-refractivity contribution is 7.77. The third kappa shape index (κ3) is 2.57. The number of amides is 1. The second-order valence-corrected chi connectivity index (χ2v) is 8.82. The van der Waals surface area contributed by atoms with E-state index in [9.17, 15) is 15.2 Å². The Kier molecular flexibility index (Phi) is 3.67. The van der Waals surface area contributed by atoms with Crippen LogP contribution in [0.15, 0.2) is 0 Å². The number of nitrogens with zero attached hydrogens (tertiary/aromatic N) is 3. The van der Waals surface area contributed by atoms with Crippen LogP contribution in [0.5, 0.6) is 0 Å². The topological polar surface area (TPSA) is 67.6 Å². The lowest BCUT2D eigenvalue weighted by Crippen LogP contribution is -2.64. The molecule has 0 aromatic rings. The summed E-state index contributed by atoms with van der Waals surface area (Å²) < 4.78 is 1.91. The molecular weight excluding hydrogens is 310 g/mol. The summed E-state index contributed by atoms with van der Waals surface area (Å²) in [5.41, 5.74) is -0.684. The molecule has 4 aliphatic carbocycles. The molecule has 1 aliphatic heterocycles. The number of hydrogen-bond acceptors (Lipinski definition) is 5. The molecule has 0 spiro atoms. The van der Waals surface area contributed by atoms with E-state index in [4.69, 9.17) is 12.8 Å². The van der Waals surface area contributed by atoms with Crippen molar-refractivity contribution in [2.75, 3.05) is 13.1 Å². The van der Waals surface area contributed by atoms with Crippen LogP contribution in [0.1, 0.15) is 51.4 Å². The quantitative estimate of drug-likeness (QED) is 0.771. The monoisotopic (exact) mass is 335 g/mol. The first-order valence-electron chi connectivity index (χ1n) is 8.81. The summed E-state index contributed by atoms with van der Waals surface area (Å²) in [6.07, 6.45) is 7.59. The van der Waals surface area contributed by atoms with Gasteiger partial charge in [0, 0.05) is 12.1 Å². The number of rotatable bonds is 3. The van der Waals surface area contributed by atoms with Crippen LogP contribution in [0, 0.1) is 23.2 Å². The molecule has 4 bridgehead atoms. The molecule has 0 aromatic heterocycles. The minimum absolute atomic E-state index is 0.00628. The van der Waals surface area contributed by atoms with E-state index in [1.165, 1.54) is 6.42 Å². The second-order valence-electron chi connectivity index (χ2n) is 8.34. The van der Waals surface area contributed by atoms with Crippen LogP contribution in [0.2, 0.25) is 0 Å². The molecule has 5 aliphatic rings. The SMILES string of the molecule is N#CC1CCCN1C(=O)CN(S)C12CC3CC(CC(O)(C3)C1)C2. The van der Waals surface area contributed by atoms with E-state index in [2.05, 4.69) is 6.07 Å². The van der Waals surface area contributed by atoms with Gasteiger partial charge in [-0.15, -0.1) is 0 Å². The predicted octanol–water partition coefficient (Wildman–Crippen LogP) is 1.73. The van der Waals surface area contributed by atoms with E-state index in [1.807, 2.05) is 4.31 Å². The van der Waals surface area contributed by atoms with Crippen molar-refractivity contribution < 1.29 is 9.90 Å². The number of thiol groups is 1. The average Bonchev–Trinajstić information content (AvgIpc) is 2.93. The number of carbonyl (C=O) groups is 1. The van der Waals surface area contributed by atoms with E-state index >= 15 is 0 Å². The van der Waals surface area contributed by atoms with Crippen molar-refractivity contribution in [3.8, 4) is 6.07 Å². The minimum atomic E-state index is -0.545. The zero-order valence-electron chi connectivity index (χ0n) is 13.4. The Bertz CT molecular complexity index is 547. The van der Waals surface area contributed by atoms with Gasteiger partial charge in [-0.2, -0.15) is 5.26 Å². The molecule has 6 heteroatoms. The van der Waals surface area contributed by atoms with Crippen molar-refractivity contribution in [3.63, 3.8) is 0 Å². The van der Waals surface area contributed by atoms with Gasteiger partial charge in [-0.3, -0.25) is 4.79 Å². The van der Waals surface area contributed by atoms with Gasteiger partial charge in [-0.25, -0.2) is 4.31 Å². The molecule has 5 rings (SSSR count). The Morgan fingerprint density at radius 3 is 2.65 bits per heavy atom. The number of likely N-dealkylation sites (tertiary alicyclic amines) is 1. The van der Waals surface area contributed by atoms with Gasteiger partial charge in [0.2, 0.25) is 5.91 Å². The molecule has 4 saturated carbocycles.